The van der Waals surface area contributed by atoms with Gasteiger partial charge in [0.1, 0.15) is 55.4 Å². The van der Waals surface area contributed by atoms with Gasteiger partial charge in [0.15, 0.2) is 18.7 Å². The largest absolute Gasteiger partial charge is 0.462 e. The third-order valence-electron chi connectivity index (χ3n) is 11.8. The first-order chi connectivity index (χ1) is 31.5. The zero-order chi connectivity index (χ0) is 47.5. The molecule has 2 saturated heterocycles. The minimum atomic E-state index is -1.77. The third kappa shape index (κ3) is 26.2. The van der Waals surface area contributed by atoms with E-state index in [1.165, 1.54) is 70.6 Å². The Morgan fingerprint density at radius 1 is 0.492 bits per heavy atom. The summed E-state index contributed by atoms with van der Waals surface area (Å²) in [6, 6.07) is 0. The molecular formula is C50H88O15. The molecule has 0 saturated carbocycles. The summed E-state index contributed by atoms with van der Waals surface area (Å²) >= 11 is 0. The molecule has 0 radical (unpaired) electrons. The van der Waals surface area contributed by atoms with Crippen LogP contribution in [0.1, 0.15) is 174 Å². The van der Waals surface area contributed by atoms with Gasteiger partial charge in [-0.2, -0.15) is 0 Å². The lowest BCUT2D eigenvalue weighted by Gasteiger charge is -2.42. The molecule has 2 aliphatic rings. The predicted octanol–water partition coefficient (Wildman–Crippen LogP) is 6.54. The molecule has 378 valence electrons. The molecule has 2 heterocycles. The van der Waals surface area contributed by atoms with Crippen LogP contribution in [0.2, 0.25) is 0 Å². The summed E-state index contributed by atoms with van der Waals surface area (Å²) in [6.45, 7) is 2.52. The summed E-state index contributed by atoms with van der Waals surface area (Å²) in [5.74, 6) is -0.973. The van der Waals surface area contributed by atoms with Crippen LogP contribution in [0.15, 0.2) is 36.5 Å². The van der Waals surface area contributed by atoms with Crippen LogP contribution < -0.4 is 0 Å². The molecule has 0 amide bonds. The average Bonchev–Trinajstić information content (AvgIpc) is 3.30. The van der Waals surface area contributed by atoms with Crippen molar-refractivity contribution in [3.8, 4) is 0 Å². The van der Waals surface area contributed by atoms with E-state index >= 15 is 0 Å². The molecule has 15 heteroatoms. The van der Waals surface area contributed by atoms with Gasteiger partial charge >= 0.3 is 11.9 Å². The highest BCUT2D eigenvalue weighted by Crippen LogP contribution is 2.26. The van der Waals surface area contributed by atoms with Gasteiger partial charge in [-0.3, -0.25) is 9.59 Å². The quantitative estimate of drug-likeness (QED) is 0.0198. The molecule has 2 fully saturated rings. The van der Waals surface area contributed by atoms with Crippen molar-refractivity contribution in [2.24, 2.45) is 0 Å². The Morgan fingerprint density at radius 2 is 0.923 bits per heavy atom. The summed E-state index contributed by atoms with van der Waals surface area (Å²) in [4.78, 5) is 25.7. The van der Waals surface area contributed by atoms with Crippen LogP contribution in [-0.2, 0) is 38.0 Å². The number of ether oxygens (including phenoxy) is 6. The van der Waals surface area contributed by atoms with Crippen LogP contribution >= 0.6 is 0 Å². The highest BCUT2D eigenvalue weighted by molar-refractivity contribution is 5.70. The van der Waals surface area contributed by atoms with Crippen LogP contribution in [0.25, 0.3) is 0 Å². The summed E-state index contributed by atoms with van der Waals surface area (Å²) < 4.78 is 33.5. The number of rotatable bonds is 38. The summed E-state index contributed by atoms with van der Waals surface area (Å²) in [7, 11) is 0. The average molecular weight is 929 g/mol. The number of unbranched alkanes of at least 4 members (excludes halogenated alkanes) is 18. The van der Waals surface area contributed by atoms with Crippen molar-refractivity contribution in [2.75, 3.05) is 26.4 Å². The van der Waals surface area contributed by atoms with Crippen LogP contribution in [-0.4, -0.2) is 142 Å². The highest BCUT2D eigenvalue weighted by atomic mass is 16.7. The molecule has 0 aromatic carbocycles. The molecule has 0 aromatic heterocycles. The fourth-order valence-electron chi connectivity index (χ4n) is 7.65. The van der Waals surface area contributed by atoms with E-state index in [1.54, 1.807) is 0 Å². The molecule has 0 aromatic rings. The minimum absolute atomic E-state index is 0.148. The number of aliphatic hydroxyl groups is 7. The van der Waals surface area contributed by atoms with Crippen molar-refractivity contribution in [1.82, 2.24) is 0 Å². The Bertz CT molecular complexity index is 1280. The van der Waals surface area contributed by atoms with Crippen LogP contribution in [0.4, 0.5) is 0 Å². The number of aliphatic hydroxyl groups excluding tert-OH is 7. The van der Waals surface area contributed by atoms with Gasteiger partial charge in [-0.15, -0.1) is 0 Å². The van der Waals surface area contributed by atoms with Crippen molar-refractivity contribution >= 4 is 11.9 Å². The van der Waals surface area contributed by atoms with Crippen molar-refractivity contribution in [1.29, 1.82) is 0 Å². The predicted molar refractivity (Wildman–Crippen MR) is 247 cm³/mol. The van der Waals surface area contributed by atoms with Crippen LogP contribution in [0.3, 0.4) is 0 Å². The van der Waals surface area contributed by atoms with E-state index in [0.29, 0.717) is 12.8 Å². The summed E-state index contributed by atoms with van der Waals surface area (Å²) in [6.07, 6.45) is 21.8. The van der Waals surface area contributed by atoms with Gasteiger partial charge < -0.3 is 64.2 Å². The Labute approximate surface area is 389 Å². The first-order valence-electron chi connectivity index (χ1n) is 25.1. The molecule has 2 rings (SSSR count). The van der Waals surface area contributed by atoms with E-state index in [-0.39, 0.29) is 19.4 Å². The molecular weight excluding hydrogens is 841 g/mol. The maximum Gasteiger partial charge on any atom is 0.306 e. The van der Waals surface area contributed by atoms with Crippen molar-refractivity contribution in [2.45, 2.75) is 242 Å². The SMILES string of the molecule is CCCCCCC/C=C/CCCCCCCC(=O)O[C@H](COC(=O)CCCC/C=C/C/C=C/CCCCCCCC)CO[C@@H]1O[C@H](CO[C@@H]2O[C@H](CO)[C@H](O)C(O)C2O)[C@H](O)C(O)C1O. The minimum Gasteiger partial charge on any atom is -0.462 e. The van der Waals surface area contributed by atoms with Gasteiger partial charge in [0, 0.05) is 12.8 Å². The first kappa shape index (κ1) is 58.8. The van der Waals surface area contributed by atoms with Gasteiger partial charge in [0.2, 0.25) is 0 Å². The molecule has 11 atom stereocenters. The first-order valence-corrected chi connectivity index (χ1v) is 25.1. The maximum absolute atomic E-state index is 13.0. The number of hydrogen-bond acceptors (Lipinski definition) is 15. The molecule has 65 heavy (non-hydrogen) atoms. The van der Waals surface area contributed by atoms with Crippen molar-refractivity contribution in [3.05, 3.63) is 36.5 Å². The van der Waals surface area contributed by atoms with Gasteiger partial charge in [-0.1, -0.05) is 127 Å². The second-order valence-corrected chi connectivity index (χ2v) is 17.6. The van der Waals surface area contributed by atoms with E-state index in [0.717, 1.165) is 64.2 Å². The van der Waals surface area contributed by atoms with E-state index in [4.69, 9.17) is 28.4 Å². The van der Waals surface area contributed by atoms with Crippen LogP contribution in [0, 0.1) is 0 Å². The van der Waals surface area contributed by atoms with Crippen molar-refractivity contribution < 1.29 is 73.8 Å². The number of carbonyl (C=O) groups excluding carboxylic acids is 2. The fourth-order valence-corrected chi connectivity index (χ4v) is 7.65. The molecule has 0 aliphatic carbocycles. The summed E-state index contributed by atoms with van der Waals surface area (Å²) in [5.41, 5.74) is 0. The van der Waals surface area contributed by atoms with E-state index < -0.39 is 99.3 Å². The van der Waals surface area contributed by atoms with Gasteiger partial charge in [0.25, 0.3) is 0 Å². The molecule has 7 N–H and O–H groups in total. The molecule has 2 aliphatic heterocycles. The Balaban J connectivity index is 1.84. The van der Waals surface area contributed by atoms with Gasteiger partial charge in [-0.25, -0.2) is 0 Å². The molecule has 4 unspecified atom stereocenters. The molecule has 15 nitrogen and oxygen atoms in total. The lowest BCUT2D eigenvalue weighted by molar-refractivity contribution is -0.332. The fraction of sp³-hybridized carbons (Fsp3) is 0.840. The maximum atomic E-state index is 13.0. The smallest absolute Gasteiger partial charge is 0.306 e. The monoisotopic (exact) mass is 929 g/mol. The number of allylic oxidation sites excluding steroid dienone is 6. The zero-order valence-corrected chi connectivity index (χ0v) is 39.7. The second-order valence-electron chi connectivity index (χ2n) is 17.6. The molecule has 0 bridgehead atoms. The van der Waals surface area contributed by atoms with E-state index in [9.17, 15) is 45.3 Å². The normalized spacial score (nSPS) is 26.7. The van der Waals surface area contributed by atoms with Gasteiger partial charge in [-0.05, 0) is 70.6 Å². The lowest BCUT2D eigenvalue weighted by atomic mass is 9.98. The number of carbonyl (C=O) groups is 2. The number of esters is 2. The Morgan fingerprint density at radius 3 is 1.48 bits per heavy atom. The van der Waals surface area contributed by atoms with E-state index in [2.05, 4.69) is 50.3 Å². The molecule has 0 spiro atoms. The zero-order valence-electron chi connectivity index (χ0n) is 39.7. The number of hydrogen-bond donors (Lipinski definition) is 7. The lowest BCUT2D eigenvalue weighted by Crippen LogP contribution is -2.61. The third-order valence-corrected chi connectivity index (χ3v) is 11.8. The van der Waals surface area contributed by atoms with E-state index in [1.807, 2.05) is 0 Å². The Kier molecular flexibility index (Phi) is 34.1. The topological polar surface area (TPSA) is 231 Å². The standard InChI is InChI=1S/C50H88O15/c1-3-5-7-9-11-13-15-17-19-21-22-24-26-28-30-32-41(52)60-35-38(63-42(53)33-31-29-27-25-23-20-18-16-14-12-10-8-6-4-2)36-61-49-48(59)46(57)44(55)40(65-49)37-62-50-47(58)45(56)43(54)39(34-51)64-50/h16-19,22,24,38-40,43-51,54-59H,3-15,20-21,23,25-37H2,1-2H3/b18-16+,19-17+,24-22+/t38-,39-,40-,43+,44+,45?,46?,47?,48?,49-,50-/m1/s1. The van der Waals surface area contributed by atoms with Crippen LogP contribution in [0.5, 0.6) is 0 Å². The second kappa shape index (κ2) is 37.7. The van der Waals surface area contributed by atoms with Crippen molar-refractivity contribution in [3.63, 3.8) is 0 Å². The Hall–Kier alpha value is -2.28. The summed E-state index contributed by atoms with van der Waals surface area (Å²) in [5, 5.41) is 72.0. The highest BCUT2D eigenvalue weighted by Gasteiger charge is 2.47. The van der Waals surface area contributed by atoms with Gasteiger partial charge in [0.05, 0.1) is 19.8 Å².